The van der Waals surface area contributed by atoms with E-state index in [9.17, 15) is 4.39 Å². The van der Waals surface area contributed by atoms with Gasteiger partial charge in [-0.15, -0.1) is 0 Å². The predicted octanol–water partition coefficient (Wildman–Crippen LogP) is 4.10. The second-order valence-corrected chi connectivity index (χ2v) is 7.20. The van der Waals surface area contributed by atoms with E-state index in [0.29, 0.717) is 5.92 Å². The van der Waals surface area contributed by atoms with Crippen LogP contribution in [0.1, 0.15) is 50.1 Å². The van der Waals surface area contributed by atoms with E-state index in [1.54, 1.807) is 12.1 Å². The van der Waals surface area contributed by atoms with Crippen LogP contribution in [0.5, 0.6) is 0 Å². The molecule has 2 heterocycles. The minimum absolute atomic E-state index is 0.00704. The molecule has 0 spiro atoms. The molecule has 3 rings (SSSR count). The van der Waals surface area contributed by atoms with E-state index in [1.807, 2.05) is 12.1 Å². The second-order valence-electron chi connectivity index (χ2n) is 7.20. The highest BCUT2D eigenvalue weighted by atomic mass is 19.1. The summed E-state index contributed by atoms with van der Waals surface area (Å²) < 4.78 is 18.5. The van der Waals surface area contributed by atoms with Crippen molar-refractivity contribution in [3.63, 3.8) is 0 Å². The zero-order chi connectivity index (χ0) is 15.7. The lowest BCUT2D eigenvalue weighted by Gasteiger charge is -2.14. The largest absolute Gasteiger partial charge is 0.361 e. The summed E-state index contributed by atoms with van der Waals surface area (Å²) in [5.41, 5.74) is 2.21. The number of likely N-dealkylation sites (tertiary alicyclic amines) is 1. The first-order valence-corrected chi connectivity index (χ1v) is 7.86. The maximum Gasteiger partial charge on any atom is 0.142 e. The Labute approximate surface area is 131 Å². The van der Waals surface area contributed by atoms with Gasteiger partial charge in [-0.25, -0.2) is 4.39 Å². The summed E-state index contributed by atoms with van der Waals surface area (Å²) in [7, 11) is 0. The number of nitrogens with zero attached hydrogens (tertiary/aromatic N) is 2. The summed E-state index contributed by atoms with van der Waals surface area (Å²) in [6.07, 6.45) is 1.11. The van der Waals surface area contributed by atoms with E-state index >= 15 is 0 Å². The summed E-state index contributed by atoms with van der Waals surface area (Å²) in [6.45, 7) is 9.22. The lowest BCUT2D eigenvalue weighted by molar-refractivity contribution is 0.296. The number of aromatic nitrogens is 1. The topological polar surface area (TPSA) is 29.3 Å². The van der Waals surface area contributed by atoms with E-state index in [-0.39, 0.29) is 11.2 Å². The van der Waals surface area contributed by atoms with Gasteiger partial charge in [0.25, 0.3) is 0 Å². The molecule has 1 fully saturated rings. The van der Waals surface area contributed by atoms with Gasteiger partial charge in [0.1, 0.15) is 11.6 Å². The number of hydrogen-bond acceptors (Lipinski definition) is 3. The molecule has 0 amide bonds. The maximum atomic E-state index is 13.0. The molecule has 0 aliphatic carbocycles. The average molecular weight is 302 g/mol. The van der Waals surface area contributed by atoms with Crippen molar-refractivity contribution in [3.05, 3.63) is 53.2 Å². The fourth-order valence-corrected chi connectivity index (χ4v) is 2.95. The van der Waals surface area contributed by atoms with Crippen molar-refractivity contribution >= 4 is 0 Å². The van der Waals surface area contributed by atoms with E-state index in [1.165, 1.54) is 5.56 Å². The standard InChI is InChI=1S/C18H23FN2O/c1-18(2,3)17-10-16(20-22-17)12-21-9-8-14(11-21)13-4-6-15(19)7-5-13/h4-7,10,14H,8-9,11-12H2,1-3H3. The normalized spacial score (nSPS) is 19.7. The van der Waals surface area contributed by atoms with Gasteiger partial charge in [-0.05, 0) is 36.6 Å². The Morgan fingerprint density at radius 2 is 2.00 bits per heavy atom. The molecule has 1 unspecified atom stereocenters. The number of rotatable bonds is 3. The SMILES string of the molecule is CC(C)(C)c1cc(CN2CCC(c3ccc(F)cc3)C2)no1. The lowest BCUT2D eigenvalue weighted by atomic mass is 9.93. The van der Waals surface area contributed by atoms with Crippen LogP contribution < -0.4 is 0 Å². The van der Waals surface area contributed by atoms with Crippen LogP contribution >= 0.6 is 0 Å². The molecule has 1 aliphatic heterocycles. The van der Waals surface area contributed by atoms with E-state index in [0.717, 1.165) is 37.5 Å². The third-order valence-electron chi connectivity index (χ3n) is 4.30. The Hall–Kier alpha value is -1.68. The summed E-state index contributed by atoms with van der Waals surface area (Å²) in [6, 6.07) is 8.95. The molecule has 1 atom stereocenters. The van der Waals surface area contributed by atoms with Gasteiger partial charge >= 0.3 is 0 Å². The van der Waals surface area contributed by atoms with Crippen LogP contribution in [0.3, 0.4) is 0 Å². The number of hydrogen-bond donors (Lipinski definition) is 0. The van der Waals surface area contributed by atoms with Crippen molar-refractivity contribution in [1.29, 1.82) is 0 Å². The van der Waals surface area contributed by atoms with Crippen LogP contribution in [0.4, 0.5) is 4.39 Å². The van der Waals surface area contributed by atoms with Gasteiger partial charge in [0, 0.05) is 24.6 Å². The zero-order valence-corrected chi connectivity index (χ0v) is 13.5. The smallest absolute Gasteiger partial charge is 0.142 e. The summed E-state index contributed by atoms with van der Waals surface area (Å²) in [5.74, 6) is 1.24. The molecular formula is C18H23FN2O. The average Bonchev–Trinajstić information content (AvgIpc) is 3.09. The van der Waals surface area contributed by atoms with Crippen molar-refractivity contribution in [2.45, 2.75) is 45.1 Å². The molecule has 1 saturated heterocycles. The van der Waals surface area contributed by atoms with E-state index in [4.69, 9.17) is 4.52 Å². The van der Waals surface area contributed by atoms with Crippen LogP contribution in [0, 0.1) is 5.82 Å². The molecule has 118 valence electrons. The van der Waals surface area contributed by atoms with Crippen molar-refractivity contribution in [1.82, 2.24) is 10.1 Å². The lowest BCUT2D eigenvalue weighted by Crippen LogP contribution is -2.20. The van der Waals surface area contributed by atoms with Gasteiger partial charge in [0.2, 0.25) is 0 Å². The third-order valence-corrected chi connectivity index (χ3v) is 4.30. The minimum atomic E-state index is -0.170. The molecular weight excluding hydrogens is 279 g/mol. The van der Waals surface area contributed by atoms with E-state index in [2.05, 4.69) is 36.9 Å². The quantitative estimate of drug-likeness (QED) is 0.855. The summed E-state index contributed by atoms with van der Waals surface area (Å²) >= 11 is 0. The molecule has 4 heteroatoms. The van der Waals surface area contributed by atoms with Gasteiger partial charge in [-0.2, -0.15) is 0 Å². The van der Waals surface area contributed by atoms with Gasteiger partial charge in [0.05, 0.1) is 5.69 Å². The Morgan fingerprint density at radius 3 is 2.64 bits per heavy atom. The molecule has 2 aromatic rings. The molecule has 1 aromatic heterocycles. The fraction of sp³-hybridized carbons (Fsp3) is 0.500. The molecule has 0 saturated carbocycles. The Morgan fingerprint density at radius 1 is 1.27 bits per heavy atom. The maximum absolute atomic E-state index is 13.0. The minimum Gasteiger partial charge on any atom is -0.361 e. The van der Waals surface area contributed by atoms with Crippen LogP contribution in [0.25, 0.3) is 0 Å². The van der Waals surface area contributed by atoms with Gasteiger partial charge in [0.15, 0.2) is 0 Å². The Balaban J connectivity index is 1.61. The number of halogens is 1. The zero-order valence-electron chi connectivity index (χ0n) is 13.5. The number of benzene rings is 1. The molecule has 0 radical (unpaired) electrons. The van der Waals surface area contributed by atoms with Crippen molar-refractivity contribution < 1.29 is 8.91 Å². The van der Waals surface area contributed by atoms with Crippen molar-refractivity contribution in [3.8, 4) is 0 Å². The third kappa shape index (κ3) is 3.38. The highest BCUT2D eigenvalue weighted by molar-refractivity contribution is 5.22. The van der Waals surface area contributed by atoms with Crippen molar-refractivity contribution in [2.24, 2.45) is 0 Å². The Bertz CT molecular complexity index is 627. The van der Waals surface area contributed by atoms with Crippen LogP contribution in [-0.4, -0.2) is 23.1 Å². The first-order valence-electron chi connectivity index (χ1n) is 7.86. The molecule has 0 bridgehead atoms. The van der Waals surface area contributed by atoms with Crippen LogP contribution in [-0.2, 0) is 12.0 Å². The van der Waals surface area contributed by atoms with Gasteiger partial charge in [-0.3, -0.25) is 4.90 Å². The second kappa shape index (κ2) is 5.84. The molecule has 1 aromatic carbocycles. The molecule has 1 aliphatic rings. The van der Waals surface area contributed by atoms with E-state index < -0.39 is 0 Å². The summed E-state index contributed by atoms with van der Waals surface area (Å²) in [4.78, 5) is 2.39. The monoisotopic (exact) mass is 302 g/mol. The highest BCUT2D eigenvalue weighted by Crippen LogP contribution is 2.29. The predicted molar refractivity (Wildman–Crippen MR) is 84.2 cm³/mol. The van der Waals surface area contributed by atoms with Crippen LogP contribution in [0.15, 0.2) is 34.9 Å². The Kier molecular flexibility index (Phi) is 4.04. The fourth-order valence-electron chi connectivity index (χ4n) is 2.95. The molecule has 3 nitrogen and oxygen atoms in total. The first kappa shape index (κ1) is 15.2. The van der Waals surface area contributed by atoms with Gasteiger partial charge in [-0.1, -0.05) is 38.1 Å². The van der Waals surface area contributed by atoms with Gasteiger partial charge < -0.3 is 4.52 Å². The van der Waals surface area contributed by atoms with Crippen LogP contribution in [0.2, 0.25) is 0 Å². The molecule has 0 N–H and O–H groups in total. The molecule has 22 heavy (non-hydrogen) atoms. The first-order chi connectivity index (χ1) is 10.4. The van der Waals surface area contributed by atoms with Crippen molar-refractivity contribution in [2.75, 3.05) is 13.1 Å². The summed E-state index contributed by atoms with van der Waals surface area (Å²) in [5, 5.41) is 4.19. The highest BCUT2D eigenvalue weighted by Gasteiger charge is 2.26.